The molecule has 1 fully saturated rings. The molecule has 9 nitrogen and oxygen atoms in total. The lowest BCUT2D eigenvalue weighted by Crippen LogP contribution is -2.33. The molecule has 9 heteroatoms. The van der Waals surface area contributed by atoms with Gasteiger partial charge in [0.15, 0.2) is 11.9 Å². The Labute approximate surface area is 120 Å². The standard InChI is InChI=1S/C12H17N5O4/c1-16(2)10-6-3-15-17(11(6)14-5-13-10)12-9(20)8(19)7(4-18)21-12/h3,5,7-9,12,18-20H,4H2,1-2H3/t7-,8-,9-,12-/m1/s1. The third-order valence-electron chi connectivity index (χ3n) is 3.55. The number of hydrogen-bond acceptors (Lipinski definition) is 8. The Balaban J connectivity index is 2.04. The van der Waals surface area contributed by atoms with Crippen LogP contribution in [-0.4, -0.2) is 74.1 Å². The van der Waals surface area contributed by atoms with E-state index in [2.05, 4.69) is 15.1 Å². The molecule has 4 atom stereocenters. The Hall–Kier alpha value is -1.81. The number of anilines is 1. The summed E-state index contributed by atoms with van der Waals surface area (Å²) in [6.07, 6.45) is -1.13. The Kier molecular flexibility index (Phi) is 3.49. The van der Waals surface area contributed by atoms with Crippen LogP contribution in [0.1, 0.15) is 6.23 Å². The van der Waals surface area contributed by atoms with Gasteiger partial charge in [-0.15, -0.1) is 0 Å². The third kappa shape index (κ3) is 2.14. The van der Waals surface area contributed by atoms with Gasteiger partial charge in [-0.05, 0) is 0 Å². The van der Waals surface area contributed by atoms with Crippen molar-refractivity contribution in [2.24, 2.45) is 0 Å². The molecule has 3 heterocycles. The smallest absolute Gasteiger partial charge is 0.181 e. The summed E-state index contributed by atoms with van der Waals surface area (Å²) >= 11 is 0. The average Bonchev–Trinajstić information content (AvgIpc) is 3.01. The Morgan fingerprint density at radius 3 is 2.67 bits per heavy atom. The largest absolute Gasteiger partial charge is 0.394 e. The van der Waals surface area contributed by atoms with Crippen molar-refractivity contribution in [3.8, 4) is 0 Å². The fourth-order valence-corrected chi connectivity index (χ4v) is 2.47. The summed E-state index contributed by atoms with van der Waals surface area (Å²) in [6, 6.07) is 0. The monoisotopic (exact) mass is 295 g/mol. The molecule has 3 N–H and O–H groups in total. The van der Waals surface area contributed by atoms with E-state index in [0.717, 1.165) is 0 Å². The molecule has 0 spiro atoms. The quantitative estimate of drug-likeness (QED) is 0.626. The molecule has 2 aromatic heterocycles. The summed E-state index contributed by atoms with van der Waals surface area (Å²) in [5.74, 6) is 0.693. The van der Waals surface area contributed by atoms with E-state index in [1.807, 2.05) is 19.0 Å². The zero-order chi connectivity index (χ0) is 15.1. The zero-order valence-corrected chi connectivity index (χ0v) is 11.7. The highest BCUT2D eigenvalue weighted by Gasteiger charge is 2.44. The van der Waals surface area contributed by atoms with Crippen molar-refractivity contribution in [3.05, 3.63) is 12.5 Å². The van der Waals surface area contributed by atoms with Crippen molar-refractivity contribution < 1.29 is 20.1 Å². The number of ether oxygens (including phenoxy) is 1. The number of aromatic nitrogens is 4. The van der Waals surface area contributed by atoms with Crippen molar-refractivity contribution in [1.29, 1.82) is 0 Å². The third-order valence-corrected chi connectivity index (χ3v) is 3.55. The maximum Gasteiger partial charge on any atom is 0.181 e. The van der Waals surface area contributed by atoms with E-state index in [-0.39, 0.29) is 6.61 Å². The number of rotatable bonds is 3. The summed E-state index contributed by atoms with van der Waals surface area (Å²) in [7, 11) is 3.71. The predicted molar refractivity (Wildman–Crippen MR) is 72.7 cm³/mol. The van der Waals surface area contributed by atoms with Gasteiger partial charge in [0, 0.05) is 14.1 Å². The molecule has 0 amide bonds. The molecule has 0 saturated carbocycles. The van der Waals surface area contributed by atoms with Gasteiger partial charge in [-0.1, -0.05) is 0 Å². The average molecular weight is 295 g/mol. The molecule has 114 valence electrons. The van der Waals surface area contributed by atoms with E-state index in [9.17, 15) is 10.2 Å². The van der Waals surface area contributed by atoms with Crippen molar-refractivity contribution in [1.82, 2.24) is 19.7 Å². The molecule has 0 aromatic carbocycles. The molecule has 1 aliphatic heterocycles. The second-order valence-corrected chi connectivity index (χ2v) is 5.15. The van der Waals surface area contributed by atoms with Crippen LogP contribution < -0.4 is 4.90 Å². The maximum absolute atomic E-state index is 10.1. The number of aliphatic hydroxyl groups is 3. The summed E-state index contributed by atoms with van der Waals surface area (Å²) in [6.45, 7) is -0.383. The summed E-state index contributed by atoms with van der Waals surface area (Å²) in [5.41, 5.74) is 0.489. The molecule has 0 unspecified atom stereocenters. The second-order valence-electron chi connectivity index (χ2n) is 5.15. The van der Waals surface area contributed by atoms with Crippen molar-refractivity contribution in [3.63, 3.8) is 0 Å². The van der Waals surface area contributed by atoms with Crippen molar-refractivity contribution in [2.75, 3.05) is 25.6 Å². The van der Waals surface area contributed by atoms with Gasteiger partial charge in [-0.2, -0.15) is 5.10 Å². The Morgan fingerprint density at radius 2 is 2.05 bits per heavy atom. The van der Waals surface area contributed by atoms with Gasteiger partial charge in [0.05, 0.1) is 18.2 Å². The number of fused-ring (bicyclic) bond motifs is 1. The van der Waals surface area contributed by atoms with Crippen molar-refractivity contribution >= 4 is 16.9 Å². The molecule has 0 bridgehead atoms. The first-order valence-electron chi connectivity index (χ1n) is 6.52. The lowest BCUT2D eigenvalue weighted by atomic mass is 10.1. The Bertz CT molecular complexity index is 646. The summed E-state index contributed by atoms with van der Waals surface area (Å²) in [4.78, 5) is 10.2. The SMILES string of the molecule is CN(C)c1ncnc2c1cnn2[C@@H]1O[C@H](CO)[C@@H](O)[C@H]1O. The molecular weight excluding hydrogens is 278 g/mol. The highest BCUT2D eigenvalue weighted by Crippen LogP contribution is 2.32. The first-order chi connectivity index (χ1) is 10.0. The van der Waals surface area contributed by atoms with Crippen LogP contribution in [0.25, 0.3) is 11.0 Å². The lowest BCUT2D eigenvalue weighted by Gasteiger charge is -2.16. The molecule has 21 heavy (non-hydrogen) atoms. The van der Waals surface area contributed by atoms with Gasteiger partial charge in [-0.25, -0.2) is 14.6 Å². The zero-order valence-electron chi connectivity index (χ0n) is 11.7. The van der Waals surface area contributed by atoms with E-state index in [4.69, 9.17) is 9.84 Å². The van der Waals surface area contributed by atoms with Crippen LogP contribution in [0.4, 0.5) is 5.82 Å². The van der Waals surface area contributed by atoms with Gasteiger partial charge in [0.2, 0.25) is 0 Å². The minimum Gasteiger partial charge on any atom is -0.394 e. The van der Waals surface area contributed by atoms with Crippen LogP contribution in [0, 0.1) is 0 Å². The predicted octanol–water partition coefficient (Wildman–Crippen LogP) is -1.50. The van der Waals surface area contributed by atoms with Gasteiger partial charge < -0.3 is 25.0 Å². The van der Waals surface area contributed by atoms with Crippen LogP contribution >= 0.6 is 0 Å². The van der Waals surface area contributed by atoms with Crippen LogP contribution in [0.15, 0.2) is 12.5 Å². The topological polar surface area (TPSA) is 117 Å². The van der Waals surface area contributed by atoms with Crippen LogP contribution in [0.3, 0.4) is 0 Å². The van der Waals surface area contributed by atoms with Crippen LogP contribution in [-0.2, 0) is 4.74 Å². The Morgan fingerprint density at radius 1 is 1.29 bits per heavy atom. The lowest BCUT2D eigenvalue weighted by molar-refractivity contribution is -0.0566. The first kappa shape index (κ1) is 14.1. The van der Waals surface area contributed by atoms with E-state index < -0.39 is 24.5 Å². The van der Waals surface area contributed by atoms with Gasteiger partial charge in [0.25, 0.3) is 0 Å². The van der Waals surface area contributed by atoms with Gasteiger partial charge in [0.1, 0.15) is 30.5 Å². The van der Waals surface area contributed by atoms with Crippen molar-refractivity contribution in [2.45, 2.75) is 24.5 Å². The molecule has 0 aliphatic carbocycles. The van der Waals surface area contributed by atoms with Gasteiger partial charge in [-0.3, -0.25) is 0 Å². The minimum atomic E-state index is -1.19. The summed E-state index contributed by atoms with van der Waals surface area (Å²) in [5, 5.41) is 33.9. The van der Waals surface area contributed by atoms with E-state index in [1.165, 1.54) is 11.0 Å². The molecule has 3 rings (SSSR count). The molecule has 1 aliphatic rings. The number of hydrogen-bond donors (Lipinski definition) is 3. The minimum absolute atomic E-state index is 0.383. The van der Waals surface area contributed by atoms with Gasteiger partial charge >= 0.3 is 0 Å². The maximum atomic E-state index is 10.1. The van der Waals surface area contributed by atoms with E-state index >= 15 is 0 Å². The number of aliphatic hydroxyl groups excluding tert-OH is 3. The normalized spacial score (nSPS) is 29.2. The summed E-state index contributed by atoms with van der Waals surface area (Å²) < 4.78 is 6.86. The molecule has 2 aromatic rings. The van der Waals surface area contributed by atoms with E-state index in [0.29, 0.717) is 16.9 Å². The van der Waals surface area contributed by atoms with E-state index in [1.54, 1.807) is 6.20 Å². The number of nitrogens with zero attached hydrogens (tertiary/aromatic N) is 5. The molecule has 1 saturated heterocycles. The fourth-order valence-electron chi connectivity index (χ4n) is 2.47. The fraction of sp³-hybridized carbons (Fsp3) is 0.583. The van der Waals surface area contributed by atoms with Crippen LogP contribution in [0.5, 0.6) is 0 Å². The molecular formula is C12H17N5O4. The molecule has 0 radical (unpaired) electrons. The highest BCUT2D eigenvalue weighted by atomic mass is 16.6. The van der Waals surface area contributed by atoms with Crippen LogP contribution in [0.2, 0.25) is 0 Å². The first-order valence-corrected chi connectivity index (χ1v) is 6.52. The highest BCUT2D eigenvalue weighted by molar-refractivity contribution is 5.86. The second kappa shape index (κ2) is 5.19.